The molecule has 8 aliphatic carbocycles. The van der Waals surface area contributed by atoms with Crippen LogP contribution in [0.15, 0.2) is 181 Å². The number of fused-ring (bicyclic) bond motifs is 8. The van der Waals surface area contributed by atoms with E-state index >= 15 is 0 Å². The lowest BCUT2D eigenvalue weighted by atomic mass is 9.61. The lowest BCUT2D eigenvalue weighted by Crippen LogP contribution is -2.32. The van der Waals surface area contributed by atoms with Gasteiger partial charge < -0.3 is 0 Å². The van der Waals surface area contributed by atoms with Gasteiger partial charge in [0.25, 0.3) is 0 Å². The molecule has 5 unspecified atom stereocenters. The van der Waals surface area contributed by atoms with Gasteiger partial charge in [0.1, 0.15) is 0 Å². The van der Waals surface area contributed by atoms with Crippen LogP contribution in [0.25, 0.3) is 66.1 Å². The third-order valence-corrected chi connectivity index (χ3v) is 15.5. The number of hydrogen-bond donors (Lipinski definition) is 0. The summed E-state index contributed by atoms with van der Waals surface area (Å²) in [6, 6.07) is 32.9. The van der Waals surface area contributed by atoms with E-state index in [4.69, 9.17) is 0 Å². The molecule has 0 fully saturated rings. The fraction of sp³-hybridized carbons (Fsp3) is 0.233. The van der Waals surface area contributed by atoms with Crippen LogP contribution in [0.5, 0.6) is 0 Å². The van der Waals surface area contributed by atoms with Crippen LogP contribution in [0.1, 0.15) is 80.0 Å². The van der Waals surface area contributed by atoms with Gasteiger partial charge >= 0.3 is 0 Å². The molecule has 0 saturated carbocycles. The molecule has 0 aliphatic heterocycles. The van der Waals surface area contributed by atoms with Crippen molar-refractivity contribution in [3.8, 4) is 22.3 Å². The Morgan fingerprint density at radius 2 is 1.33 bits per heavy atom. The molecule has 0 amide bonds. The molecule has 5 atom stereocenters. The van der Waals surface area contributed by atoms with Gasteiger partial charge in [-0.3, -0.25) is 0 Å². The van der Waals surface area contributed by atoms with Gasteiger partial charge in [0, 0.05) is 5.92 Å². The number of benzene rings is 5. The van der Waals surface area contributed by atoms with Crippen molar-refractivity contribution in [2.75, 3.05) is 0 Å². The van der Waals surface area contributed by atoms with E-state index in [0.717, 1.165) is 51.4 Å². The molecule has 290 valence electrons. The molecule has 0 spiro atoms. The Balaban J connectivity index is 1.11. The van der Waals surface area contributed by atoms with Gasteiger partial charge in [-0.25, -0.2) is 0 Å². The SMILES string of the molecule is C1=CCC(CC2=CC3=C(CC2)c2cc4c(-c5ccccc5)c5c(c(-c6ccccc6)c4c4cccc3c24)C2=CC3=C(C=CCC3)C3C(CC4C=CC=CC4)CC=C5C23)C=C1. The molecular formula is C60H50. The first kappa shape index (κ1) is 34.8. The van der Waals surface area contributed by atoms with Gasteiger partial charge in [-0.15, -0.1) is 0 Å². The zero-order chi connectivity index (χ0) is 39.3. The summed E-state index contributed by atoms with van der Waals surface area (Å²) < 4.78 is 0. The number of allylic oxidation sites excluding steroid dienone is 20. The van der Waals surface area contributed by atoms with Gasteiger partial charge in [0.2, 0.25) is 0 Å². The van der Waals surface area contributed by atoms with E-state index in [9.17, 15) is 0 Å². The summed E-state index contributed by atoms with van der Waals surface area (Å²) in [6.07, 6.45) is 42.0. The zero-order valence-corrected chi connectivity index (χ0v) is 34.3. The van der Waals surface area contributed by atoms with Crippen molar-refractivity contribution < 1.29 is 0 Å². The normalized spacial score (nSPS) is 25.3. The van der Waals surface area contributed by atoms with E-state index in [-0.39, 0.29) is 0 Å². The van der Waals surface area contributed by atoms with Crippen molar-refractivity contribution in [3.05, 3.63) is 203 Å². The first-order valence-electron chi connectivity index (χ1n) is 22.9. The van der Waals surface area contributed by atoms with E-state index < -0.39 is 0 Å². The summed E-state index contributed by atoms with van der Waals surface area (Å²) in [6.45, 7) is 0. The second-order valence-corrected chi connectivity index (χ2v) is 18.7. The maximum Gasteiger partial charge on any atom is 0.0171 e. The van der Waals surface area contributed by atoms with Crippen molar-refractivity contribution in [1.82, 2.24) is 0 Å². The van der Waals surface area contributed by atoms with Crippen molar-refractivity contribution in [1.29, 1.82) is 0 Å². The smallest absolute Gasteiger partial charge is 0.0171 e. The first-order chi connectivity index (χ1) is 29.8. The van der Waals surface area contributed by atoms with Crippen LogP contribution in [0.3, 0.4) is 0 Å². The molecule has 0 bridgehead atoms. The van der Waals surface area contributed by atoms with Crippen LogP contribution in [-0.4, -0.2) is 0 Å². The van der Waals surface area contributed by atoms with E-state index in [2.05, 4.69) is 164 Å². The molecule has 13 rings (SSSR count). The van der Waals surface area contributed by atoms with Crippen LogP contribution in [0, 0.1) is 29.6 Å². The van der Waals surface area contributed by atoms with E-state index in [1.54, 1.807) is 33.4 Å². The van der Waals surface area contributed by atoms with E-state index in [1.807, 2.05) is 0 Å². The molecule has 0 radical (unpaired) electrons. The predicted molar refractivity (Wildman–Crippen MR) is 255 cm³/mol. The minimum absolute atomic E-state index is 0.366. The Morgan fingerprint density at radius 1 is 0.567 bits per heavy atom. The molecule has 0 nitrogen and oxygen atoms in total. The summed E-state index contributed by atoms with van der Waals surface area (Å²) in [5.74, 6) is 2.69. The number of hydrogen-bond acceptors (Lipinski definition) is 0. The van der Waals surface area contributed by atoms with Gasteiger partial charge in [-0.2, -0.15) is 0 Å². The minimum atomic E-state index is 0.366. The molecule has 0 N–H and O–H groups in total. The van der Waals surface area contributed by atoms with Crippen LogP contribution >= 0.6 is 0 Å². The standard InChI is InChI=1S/C60H50/c1-5-16-37(17-6-1)32-39-28-30-45-49(34-39)46-26-15-27-47-56(46)50(45)36-52-53(40-20-9-3-10-21-40)59-48-31-29-43(33-38-18-7-2-8-19-38)54-44-25-14-13-24-42(44)35-51(57(48)54)60(59)55(58(47)52)41-22-11-4-12-23-41/h1-12,14-16,18,20-23,25-27,31,34-38,43,54,57H,13,17,19,24,28-30,32-33H2. The predicted octanol–water partition coefficient (Wildman–Crippen LogP) is 16.0. The topological polar surface area (TPSA) is 0 Å². The fourth-order valence-corrected chi connectivity index (χ4v) is 13.1. The second kappa shape index (κ2) is 13.8. The minimum Gasteiger partial charge on any atom is -0.0840 e. The highest BCUT2D eigenvalue weighted by molar-refractivity contribution is 6.30. The zero-order valence-electron chi connectivity index (χ0n) is 34.3. The van der Waals surface area contributed by atoms with Crippen molar-refractivity contribution in [2.24, 2.45) is 29.6 Å². The summed E-state index contributed by atoms with van der Waals surface area (Å²) in [4.78, 5) is 0. The lowest BCUT2D eigenvalue weighted by Gasteiger charge is -2.42. The van der Waals surface area contributed by atoms with Crippen molar-refractivity contribution >= 4 is 43.8 Å². The molecule has 5 aromatic carbocycles. The Bertz CT molecular complexity index is 3000. The molecule has 0 aromatic heterocycles. The van der Waals surface area contributed by atoms with Gasteiger partial charge in [-0.05, 0) is 187 Å². The Kier molecular flexibility index (Phi) is 8.00. The maximum atomic E-state index is 2.72. The Morgan fingerprint density at radius 3 is 2.12 bits per heavy atom. The molecule has 5 aromatic rings. The highest BCUT2D eigenvalue weighted by Gasteiger charge is 2.49. The monoisotopic (exact) mass is 770 g/mol. The average Bonchev–Trinajstić information content (AvgIpc) is 3.80. The third-order valence-electron chi connectivity index (χ3n) is 15.5. The summed E-state index contributed by atoms with van der Waals surface area (Å²) in [5, 5.41) is 5.72. The molecular weight excluding hydrogens is 721 g/mol. The average molecular weight is 771 g/mol. The fourth-order valence-electron chi connectivity index (χ4n) is 13.1. The van der Waals surface area contributed by atoms with Crippen LogP contribution in [0.2, 0.25) is 0 Å². The Labute approximate surface area is 354 Å². The lowest BCUT2D eigenvalue weighted by molar-refractivity contribution is 0.289. The summed E-state index contributed by atoms with van der Waals surface area (Å²) >= 11 is 0. The van der Waals surface area contributed by atoms with E-state index in [1.165, 1.54) is 78.0 Å². The second-order valence-electron chi connectivity index (χ2n) is 18.7. The van der Waals surface area contributed by atoms with Crippen LogP contribution in [0.4, 0.5) is 0 Å². The maximum absolute atomic E-state index is 2.72. The molecule has 8 aliphatic rings. The van der Waals surface area contributed by atoms with Crippen molar-refractivity contribution in [2.45, 2.75) is 57.8 Å². The quantitative estimate of drug-likeness (QED) is 0.151. The largest absolute Gasteiger partial charge is 0.0840 e. The summed E-state index contributed by atoms with van der Waals surface area (Å²) in [5.41, 5.74) is 22.5. The molecule has 0 heterocycles. The number of rotatable bonds is 6. The Hall–Kier alpha value is -5.98. The molecule has 0 heteroatoms. The summed E-state index contributed by atoms with van der Waals surface area (Å²) in [7, 11) is 0. The van der Waals surface area contributed by atoms with Gasteiger partial charge in [-0.1, -0.05) is 163 Å². The highest BCUT2D eigenvalue weighted by Crippen LogP contribution is 2.65. The highest BCUT2D eigenvalue weighted by atomic mass is 14.5. The van der Waals surface area contributed by atoms with Crippen LogP contribution < -0.4 is 0 Å². The van der Waals surface area contributed by atoms with Gasteiger partial charge in [0.05, 0.1) is 0 Å². The molecule has 0 saturated heterocycles. The van der Waals surface area contributed by atoms with Gasteiger partial charge in [0.15, 0.2) is 0 Å². The van der Waals surface area contributed by atoms with Crippen molar-refractivity contribution in [3.63, 3.8) is 0 Å². The molecule has 60 heavy (non-hydrogen) atoms. The third kappa shape index (κ3) is 5.22. The van der Waals surface area contributed by atoms with E-state index in [0.29, 0.717) is 29.6 Å². The van der Waals surface area contributed by atoms with Crippen LogP contribution in [-0.2, 0) is 0 Å². The first-order valence-corrected chi connectivity index (χ1v) is 22.9.